The minimum absolute atomic E-state index is 0.0444. The average molecular weight is 374 g/mol. The van der Waals surface area contributed by atoms with Gasteiger partial charge in [-0.2, -0.15) is 0 Å². The van der Waals surface area contributed by atoms with Crippen LogP contribution in [0.1, 0.15) is 17.3 Å². The lowest BCUT2D eigenvalue weighted by atomic mass is 10.1. The molecule has 25 heavy (non-hydrogen) atoms. The van der Waals surface area contributed by atoms with E-state index in [0.717, 1.165) is 42.6 Å². The summed E-state index contributed by atoms with van der Waals surface area (Å²) in [5.41, 5.74) is 2.58. The summed E-state index contributed by atoms with van der Waals surface area (Å²) in [4.78, 5) is 15.9. The normalized spacial score (nSPS) is 14.3. The van der Waals surface area contributed by atoms with Crippen molar-refractivity contribution in [2.24, 2.45) is 0 Å². The fraction of sp³-hybridized carbons (Fsp3) is 0.263. The number of ketones is 1. The van der Waals surface area contributed by atoms with E-state index in [1.807, 2.05) is 42.5 Å². The SMILES string of the molecule is CC(=O)c1cccc(NC(=S)N2CCN(c3ccccc3Cl)CC2)c1. The van der Waals surface area contributed by atoms with Crippen LogP contribution in [-0.2, 0) is 0 Å². The molecule has 3 rings (SSSR count). The fourth-order valence-electron chi connectivity index (χ4n) is 2.88. The summed E-state index contributed by atoms with van der Waals surface area (Å²) in [5.74, 6) is 0.0444. The number of hydrogen-bond acceptors (Lipinski definition) is 3. The van der Waals surface area contributed by atoms with Crippen LogP contribution >= 0.6 is 23.8 Å². The molecule has 0 unspecified atom stereocenters. The van der Waals surface area contributed by atoms with Gasteiger partial charge in [-0.1, -0.05) is 35.9 Å². The van der Waals surface area contributed by atoms with Gasteiger partial charge in [-0.05, 0) is 43.4 Å². The number of carbonyl (C=O) groups excluding carboxylic acids is 1. The zero-order valence-electron chi connectivity index (χ0n) is 14.0. The minimum atomic E-state index is 0.0444. The van der Waals surface area contributed by atoms with Crippen LogP contribution < -0.4 is 10.2 Å². The first-order valence-corrected chi connectivity index (χ1v) is 8.99. The van der Waals surface area contributed by atoms with Crippen LogP contribution in [0.3, 0.4) is 0 Å². The van der Waals surface area contributed by atoms with E-state index in [0.29, 0.717) is 10.7 Å². The van der Waals surface area contributed by atoms with Gasteiger partial charge in [0.25, 0.3) is 0 Å². The number of benzene rings is 2. The second kappa shape index (κ2) is 7.85. The molecule has 0 spiro atoms. The van der Waals surface area contributed by atoms with Gasteiger partial charge in [0.1, 0.15) is 0 Å². The molecule has 2 aromatic rings. The van der Waals surface area contributed by atoms with Crippen molar-refractivity contribution in [3.8, 4) is 0 Å². The van der Waals surface area contributed by atoms with Gasteiger partial charge in [0.2, 0.25) is 0 Å². The van der Waals surface area contributed by atoms with Crippen molar-refractivity contribution in [3.63, 3.8) is 0 Å². The second-order valence-electron chi connectivity index (χ2n) is 5.99. The number of para-hydroxylation sites is 1. The first kappa shape index (κ1) is 17.7. The van der Waals surface area contributed by atoms with Crippen LogP contribution in [0.2, 0.25) is 5.02 Å². The molecule has 4 nitrogen and oxygen atoms in total. The Labute approximate surface area is 158 Å². The smallest absolute Gasteiger partial charge is 0.173 e. The van der Waals surface area contributed by atoms with Crippen LogP contribution in [0.5, 0.6) is 0 Å². The molecule has 130 valence electrons. The van der Waals surface area contributed by atoms with E-state index < -0.39 is 0 Å². The average Bonchev–Trinajstić information content (AvgIpc) is 2.62. The summed E-state index contributed by atoms with van der Waals surface area (Å²) in [6.45, 7) is 4.93. The van der Waals surface area contributed by atoms with Crippen molar-refractivity contribution in [3.05, 3.63) is 59.1 Å². The first-order valence-electron chi connectivity index (χ1n) is 8.21. The minimum Gasteiger partial charge on any atom is -0.367 e. The number of rotatable bonds is 3. The highest BCUT2D eigenvalue weighted by Crippen LogP contribution is 2.26. The molecule has 1 aliphatic rings. The third kappa shape index (κ3) is 4.30. The highest BCUT2D eigenvalue weighted by atomic mass is 35.5. The molecule has 1 N–H and O–H groups in total. The summed E-state index contributed by atoms with van der Waals surface area (Å²) in [5, 5.41) is 4.69. The van der Waals surface area contributed by atoms with E-state index >= 15 is 0 Å². The Morgan fingerprint density at radius 2 is 1.80 bits per heavy atom. The molecule has 0 bridgehead atoms. The highest BCUT2D eigenvalue weighted by molar-refractivity contribution is 7.80. The van der Waals surface area contributed by atoms with E-state index in [1.165, 1.54) is 0 Å². The van der Waals surface area contributed by atoms with Gasteiger partial charge in [0.15, 0.2) is 10.9 Å². The molecule has 0 amide bonds. The molecule has 0 aromatic heterocycles. The Morgan fingerprint density at radius 3 is 2.48 bits per heavy atom. The molecule has 0 aliphatic carbocycles. The Bertz CT molecular complexity index is 788. The van der Waals surface area contributed by atoms with E-state index in [2.05, 4.69) is 15.1 Å². The third-order valence-corrected chi connectivity index (χ3v) is 4.96. The van der Waals surface area contributed by atoms with Crippen LogP contribution in [0, 0.1) is 0 Å². The lowest BCUT2D eigenvalue weighted by Crippen LogP contribution is -2.50. The van der Waals surface area contributed by atoms with E-state index in [1.54, 1.807) is 13.0 Å². The zero-order valence-corrected chi connectivity index (χ0v) is 15.6. The van der Waals surface area contributed by atoms with E-state index in [9.17, 15) is 4.79 Å². The number of nitrogens with one attached hydrogen (secondary N) is 1. The molecular weight excluding hydrogens is 354 g/mol. The first-order chi connectivity index (χ1) is 12.0. The summed E-state index contributed by atoms with van der Waals surface area (Å²) in [6.07, 6.45) is 0. The molecule has 1 saturated heterocycles. The predicted molar refractivity (Wildman–Crippen MR) is 108 cm³/mol. The van der Waals surface area contributed by atoms with Crippen molar-refractivity contribution >= 4 is 46.1 Å². The fourth-order valence-corrected chi connectivity index (χ4v) is 3.43. The highest BCUT2D eigenvalue weighted by Gasteiger charge is 2.20. The molecule has 1 fully saturated rings. The Hall–Kier alpha value is -2.11. The second-order valence-corrected chi connectivity index (χ2v) is 6.79. The van der Waals surface area contributed by atoms with Crippen molar-refractivity contribution in [2.45, 2.75) is 6.92 Å². The zero-order chi connectivity index (χ0) is 17.8. The Balaban J connectivity index is 1.59. The molecule has 6 heteroatoms. The number of Topliss-reactive ketones (excluding diaryl/α,β-unsaturated/α-hetero) is 1. The molecule has 1 heterocycles. The lowest BCUT2D eigenvalue weighted by molar-refractivity contribution is 0.101. The maximum atomic E-state index is 11.5. The van der Waals surface area contributed by atoms with Crippen LogP contribution in [0.15, 0.2) is 48.5 Å². The standard InChI is InChI=1S/C19H20ClN3OS/c1-14(24)15-5-4-6-16(13-15)21-19(25)23-11-9-22(10-12-23)18-8-3-2-7-17(18)20/h2-8,13H,9-12H2,1H3,(H,21,25). The number of anilines is 2. The number of hydrogen-bond donors (Lipinski definition) is 1. The van der Waals surface area contributed by atoms with Gasteiger partial charge in [-0.25, -0.2) is 0 Å². The van der Waals surface area contributed by atoms with E-state index in [-0.39, 0.29) is 5.78 Å². The molecule has 2 aromatic carbocycles. The maximum Gasteiger partial charge on any atom is 0.173 e. The van der Waals surface area contributed by atoms with Crippen molar-refractivity contribution in [1.29, 1.82) is 0 Å². The van der Waals surface area contributed by atoms with Gasteiger partial charge in [0.05, 0.1) is 10.7 Å². The van der Waals surface area contributed by atoms with Crippen LogP contribution in [-0.4, -0.2) is 42.0 Å². The van der Waals surface area contributed by atoms with Crippen molar-refractivity contribution in [2.75, 3.05) is 36.4 Å². The molecule has 1 aliphatic heterocycles. The van der Waals surface area contributed by atoms with E-state index in [4.69, 9.17) is 23.8 Å². The Kier molecular flexibility index (Phi) is 5.56. The monoisotopic (exact) mass is 373 g/mol. The molecular formula is C19H20ClN3OS. The number of nitrogens with zero attached hydrogens (tertiary/aromatic N) is 2. The van der Waals surface area contributed by atoms with Crippen molar-refractivity contribution < 1.29 is 4.79 Å². The van der Waals surface area contributed by atoms with Crippen LogP contribution in [0.25, 0.3) is 0 Å². The predicted octanol–water partition coefficient (Wildman–Crippen LogP) is 4.06. The Morgan fingerprint density at radius 1 is 1.08 bits per heavy atom. The largest absolute Gasteiger partial charge is 0.367 e. The van der Waals surface area contributed by atoms with Gasteiger partial charge < -0.3 is 15.1 Å². The molecule has 0 atom stereocenters. The summed E-state index contributed by atoms with van der Waals surface area (Å²) >= 11 is 11.8. The van der Waals surface area contributed by atoms with Gasteiger partial charge >= 0.3 is 0 Å². The number of piperazine rings is 1. The summed E-state index contributed by atoms with van der Waals surface area (Å²) in [6, 6.07) is 15.3. The lowest BCUT2D eigenvalue weighted by Gasteiger charge is -2.37. The third-order valence-electron chi connectivity index (χ3n) is 4.28. The van der Waals surface area contributed by atoms with Gasteiger partial charge in [0, 0.05) is 37.4 Å². The maximum absolute atomic E-state index is 11.5. The van der Waals surface area contributed by atoms with Crippen molar-refractivity contribution in [1.82, 2.24) is 4.90 Å². The topological polar surface area (TPSA) is 35.6 Å². The van der Waals surface area contributed by atoms with Gasteiger partial charge in [-0.3, -0.25) is 4.79 Å². The number of carbonyl (C=O) groups is 1. The molecule has 0 radical (unpaired) electrons. The molecule has 0 saturated carbocycles. The number of halogens is 1. The summed E-state index contributed by atoms with van der Waals surface area (Å²) < 4.78 is 0. The summed E-state index contributed by atoms with van der Waals surface area (Å²) in [7, 11) is 0. The van der Waals surface area contributed by atoms with Crippen LogP contribution in [0.4, 0.5) is 11.4 Å². The number of thiocarbonyl (C=S) groups is 1. The van der Waals surface area contributed by atoms with Gasteiger partial charge in [-0.15, -0.1) is 0 Å². The quantitative estimate of drug-likeness (QED) is 0.648.